The maximum absolute atomic E-state index is 14.1. The number of aromatic nitrogens is 2. The third-order valence-corrected chi connectivity index (χ3v) is 7.75. The van der Waals surface area contributed by atoms with Gasteiger partial charge >= 0.3 is 5.97 Å². The summed E-state index contributed by atoms with van der Waals surface area (Å²) in [5.41, 5.74) is 4.84. The fourth-order valence-corrected chi connectivity index (χ4v) is 5.49. The number of hydrogen-bond acceptors (Lipinski definition) is 8. The number of likely N-dealkylation sites (N-methyl/N-ethyl adjacent to an activating group) is 1. The number of nitrogens with zero attached hydrogens (tertiary/aromatic N) is 3. The summed E-state index contributed by atoms with van der Waals surface area (Å²) < 4.78 is 20.2. The molecule has 0 fully saturated rings. The fraction of sp³-hybridized carbons (Fsp3) is 0.152. The van der Waals surface area contributed by atoms with Crippen molar-refractivity contribution in [3.8, 4) is 11.5 Å². The van der Waals surface area contributed by atoms with E-state index in [9.17, 15) is 14.7 Å². The van der Waals surface area contributed by atoms with Crippen LogP contribution in [0.2, 0.25) is 0 Å². The molecule has 6 rings (SSSR count). The van der Waals surface area contributed by atoms with Crippen LogP contribution in [-0.4, -0.2) is 45.8 Å². The lowest BCUT2D eigenvalue weighted by atomic mass is 9.89. The Balaban J connectivity index is 1.38. The van der Waals surface area contributed by atoms with Crippen LogP contribution in [0.1, 0.15) is 27.0 Å². The van der Waals surface area contributed by atoms with Crippen molar-refractivity contribution in [2.45, 2.75) is 13.0 Å². The van der Waals surface area contributed by atoms with E-state index in [0.717, 1.165) is 40.8 Å². The first kappa shape index (κ1) is 27.2. The number of carboxylic acids is 1. The SMILES string of the molecule is CN1CCOc2ccc(CC(C(=O)c3ccc(OCc4ccccc4)cc3)=C(C(=O)O)c3ccc4nsnc4c3)cc21. The molecule has 5 aromatic rings. The molecule has 0 bridgehead atoms. The number of carboxylic acid groups (broad SMARTS) is 1. The molecule has 1 aromatic heterocycles. The molecule has 0 amide bonds. The van der Waals surface area contributed by atoms with Crippen LogP contribution in [0.15, 0.2) is 96.6 Å². The van der Waals surface area contributed by atoms with Crippen molar-refractivity contribution in [3.05, 3.63) is 119 Å². The first-order valence-electron chi connectivity index (χ1n) is 13.4. The van der Waals surface area contributed by atoms with Gasteiger partial charge in [0.2, 0.25) is 0 Å². The van der Waals surface area contributed by atoms with Gasteiger partial charge in [-0.1, -0.05) is 42.5 Å². The third kappa shape index (κ3) is 5.73. The minimum atomic E-state index is -1.19. The van der Waals surface area contributed by atoms with Crippen LogP contribution in [0.4, 0.5) is 5.69 Å². The predicted molar refractivity (Wildman–Crippen MR) is 162 cm³/mol. The number of carbonyl (C=O) groups is 2. The van der Waals surface area contributed by atoms with Gasteiger partial charge in [-0.2, -0.15) is 8.75 Å². The van der Waals surface area contributed by atoms with Crippen molar-refractivity contribution < 1.29 is 24.2 Å². The first-order valence-corrected chi connectivity index (χ1v) is 14.2. The van der Waals surface area contributed by atoms with Crippen LogP contribution < -0.4 is 14.4 Å². The largest absolute Gasteiger partial charge is 0.490 e. The molecule has 0 saturated carbocycles. The van der Waals surface area contributed by atoms with Gasteiger partial charge < -0.3 is 19.5 Å². The second-order valence-corrected chi connectivity index (χ2v) is 10.5. The molecule has 1 aliphatic heterocycles. The molecule has 42 heavy (non-hydrogen) atoms. The number of anilines is 1. The van der Waals surface area contributed by atoms with E-state index in [4.69, 9.17) is 9.47 Å². The number of aliphatic carboxylic acids is 1. The summed E-state index contributed by atoms with van der Waals surface area (Å²) in [5, 5.41) is 10.5. The molecule has 0 aliphatic carbocycles. The monoisotopic (exact) mass is 577 g/mol. The molecule has 9 heteroatoms. The van der Waals surface area contributed by atoms with Crippen molar-refractivity contribution in [2.24, 2.45) is 0 Å². The predicted octanol–water partition coefficient (Wildman–Crippen LogP) is 6.06. The summed E-state index contributed by atoms with van der Waals surface area (Å²) in [6.07, 6.45) is 0.112. The highest BCUT2D eigenvalue weighted by atomic mass is 32.1. The highest BCUT2D eigenvalue weighted by molar-refractivity contribution is 7.00. The van der Waals surface area contributed by atoms with Crippen LogP contribution in [-0.2, 0) is 17.8 Å². The van der Waals surface area contributed by atoms with Crippen molar-refractivity contribution in [1.82, 2.24) is 8.75 Å². The quantitative estimate of drug-likeness (QED) is 0.167. The normalized spacial score (nSPS) is 13.2. The topological polar surface area (TPSA) is 102 Å². The molecule has 8 nitrogen and oxygen atoms in total. The van der Waals surface area contributed by atoms with E-state index < -0.39 is 5.97 Å². The molecule has 0 atom stereocenters. The Bertz CT molecular complexity index is 1800. The molecule has 0 radical (unpaired) electrons. The molecule has 4 aromatic carbocycles. The van der Waals surface area contributed by atoms with Crippen molar-refractivity contribution >= 4 is 45.8 Å². The lowest BCUT2D eigenvalue weighted by Gasteiger charge is -2.28. The van der Waals surface area contributed by atoms with E-state index in [0.29, 0.717) is 41.1 Å². The van der Waals surface area contributed by atoms with Crippen LogP contribution in [0.25, 0.3) is 16.6 Å². The molecule has 1 aliphatic rings. The molecule has 2 heterocycles. The van der Waals surface area contributed by atoms with E-state index in [1.54, 1.807) is 42.5 Å². The second-order valence-electron chi connectivity index (χ2n) is 10.0. The second kappa shape index (κ2) is 11.8. The number of Topliss-reactive ketones (excluding diaryl/α,β-unsaturated/α-hetero) is 1. The minimum Gasteiger partial charge on any atom is -0.490 e. The van der Waals surface area contributed by atoms with Crippen LogP contribution >= 0.6 is 11.7 Å². The Labute approximate surface area is 246 Å². The van der Waals surface area contributed by atoms with E-state index >= 15 is 0 Å². The van der Waals surface area contributed by atoms with Gasteiger partial charge in [-0.3, -0.25) is 4.79 Å². The number of ether oxygens (including phenoxy) is 2. The molecule has 210 valence electrons. The Morgan fingerprint density at radius 1 is 0.905 bits per heavy atom. The molecule has 0 unspecified atom stereocenters. The summed E-state index contributed by atoms with van der Waals surface area (Å²) in [4.78, 5) is 29.0. The first-order chi connectivity index (χ1) is 20.5. The number of carbonyl (C=O) groups excluding carboxylic acids is 1. The standard InChI is InChI=1S/C33H27N3O5S/c1-36-15-16-40-30-14-7-22(18-29(30)36)17-26(31(33(38)39)24-10-13-27-28(19-24)35-42-34-27)32(37)23-8-11-25(12-9-23)41-20-21-5-3-2-4-6-21/h2-14,18-19H,15-17,20H2,1H3,(H,38,39). The van der Waals surface area contributed by atoms with E-state index in [-0.39, 0.29) is 23.4 Å². The van der Waals surface area contributed by atoms with E-state index in [1.165, 1.54) is 0 Å². The van der Waals surface area contributed by atoms with E-state index in [2.05, 4.69) is 13.6 Å². The Morgan fingerprint density at radius 2 is 1.67 bits per heavy atom. The summed E-state index contributed by atoms with van der Waals surface area (Å²) >= 11 is 1.05. The number of allylic oxidation sites excluding steroid dienone is 1. The smallest absolute Gasteiger partial charge is 0.336 e. The summed E-state index contributed by atoms with van der Waals surface area (Å²) in [6.45, 7) is 1.72. The molecule has 0 spiro atoms. The minimum absolute atomic E-state index is 0.0679. The van der Waals surface area contributed by atoms with E-state index in [1.807, 2.05) is 55.6 Å². The number of fused-ring (bicyclic) bond motifs is 2. The summed E-state index contributed by atoms with van der Waals surface area (Å²) in [5.74, 6) is -0.197. The highest BCUT2D eigenvalue weighted by Gasteiger charge is 2.25. The zero-order chi connectivity index (χ0) is 29.1. The van der Waals surface area contributed by atoms with Crippen LogP contribution in [0.3, 0.4) is 0 Å². The lowest BCUT2D eigenvalue weighted by molar-refractivity contribution is -0.130. The number of rotatable bonds is 9. The van der Waals surface area contributed by atoms with Gasteiger partial charge in [-0.25, -0.2) is 4.79 Å². The lowest BCUT2D eigenvalue weighted by Crippen LogP contribution is -2.28. The molecular formula is C33H27N3O5S. The highest BCUT2D eigenvalue weighted by Crippen LogP contribution is 2.34. The Morgan fingerprint density at radius 3 is 2.45 bits per heavy atom. The van der Waals surface area contributed by atoms with Gasteiger partial charge in [-0.15, -0.1) is 0 Å². The zero-order valence-electron chi connectivity index (χ0n) is 22.8. The number of benzene rings is 4. The van der Waals surface area contributed by atoms with Gasteiger partial charge in [-0.05, 0) is 65.2 Å². The van der Waals surface area contributed by atoms with Gasteiger partial charge in [0.1, 0.15) is 35.7 Å². The summed E-state index contributed by atoms with van der Waals surface area (Å²) in [7, 11) is 1.98. The van der Waals surface area contributed by atoms with Gasteiger partial charge in [0.05, 0.1) is 29.5 Å². The fourth-order valence-electron chi connectivity index (χ4n) is 4.97. The maximum Gasteiger partial charge on any atom is 0.336 e. The van der Waals surface area contributed by atoms with Gasteiger partial charge in [0.25, 0.3) is 0 Å². The Hall–Kier alpha value is -5.02. The third-order valence-electron chi connectivity index (χ3n) is 7.20. The average molecular weight is 578 g/mol. The van der Waals surface area contributed by atoms with Gasteiger partial charge in [0, 0.05) is 24.6 Å². The number of hydrogen-bond donors (Lipinski definition) is 1. The summed E-state index contributed by atoms with van der Waals surface area (Å²) in [6, 6.07) is 27.4. The van der Waals surface area contributed by atoms with Crippen molar-refractivity contribution in [3.63, 3.8) is 0 Å². The molecule has 1 N–H and O–H groups in total. The molecule has 0 saturated heterocycles. The maximum atomic E-state index is 14.1. The number of ketones is 1. The molecular weight excluding hydrogens is 550 g/mol. The van der Waals surface area contributed by atoms with Crippen molar-refractivity contribution in [1.29, 1.82) is 0 Å². The van der Waals surface area contributed by atoms with Crippen LogP contribution in [0.5, 0.6) is 11.5 Å². The van der Waals surface area contributed by atoms with Crippen LogP contribution in [0, 0.1) is 0 Å². The average Bonchev–Trinajstić information content (AvgIpc) is 3.49. The van der Waals surface area contributed by atoms with Gasteiger partial charge in [0.15, 0.2) is 5.78 Å². The zero-order valence-corrected chi connectivity index (χ0v) is 23.6. The Kier molecular flexibility index (Phi) is 7.66. The van der Waals surface area contributed by atoms with Crippen molar-refractivity contribution in [2.75, 3.05) is 25.1 Å².